The highest BCUT2D eigenvalue weighted by Crippen LogP contribution is 2.28. The zero-order valence-corrected chi connectivity index (χ0v) is 9.15. The fraction of sp³-hybridized carbons (Fsp3) is 0. The van der Waals surface area contributed by atoms with Crippen molar-refractivity contribution in [1.29, 1.82) is 5.26 Å². The Labute approximate surface area is 102 Å². The lowest BCUT2D eigenvalue weighted by Gasteiger charge is -2.08. The Morgan fingerprint density at radius 3 is 2.56 bits per heavy atom. The Kier molecular flexibility index (Phi) is 3.11. The van der Waals surface area contributed by atoms with Gasteiger partial charge in [-0.15, -0.1) is 0 Å². The molecule has 2 N–H and O–H groups in total. The first-order valence-electron chi connectivity index (χ1n) is 5.02. The molecule has 90 valence electrons. The molecule has 0 saturated carbocycles. The molecule has 0 aliphatic heterocycles. The van der Waals surface area contributed by atoms with Crippen molar-refractivity contribution in [3.05, 3.63) is 53.6 Å². The summed E-state index contributed by atoms with van der Waals surface area (Å²) in [4.78, 5) is 0. The predicted molar refractivity (Wildman–Crippen MR) is 62.0 cm³/mol. The molecule has 0 radical (unpaired) electrons. The number of benzene rings is 2. The van der Waals surface area contributed by atoms with Crippen LogP contribution in [0.25, 0.3) is 0 Å². The molecule has 0 spiro atoms. The SMILES string of the molecule is N#Cc1ccc(Oc2cc(F)ccc2N)cc1F. The van der Waals surface area contributed by atoms with Crippen molar-refractivity contribution >= 4 is 5.69 Å². The van der Waals surface area contributed by atoms with Gasteiger partial charge in [0.1, 0.15) is 23.5 Å². The van der Waals surface area contributed by atoms with Gasteiger partial charge in [-0.1, -0.05) is 0 Å². The number of rotatable bonds is 2. The number of nitrogen functional groups attached to an aromatic ring is 1. The van der Waals surface area contributed by atoms with Gasteiger partial charge in [0.25, 0.3) is 0 Å². The van der Waals surface area contributed by atoms with Crippen LogP contribution in [0.2, 0.25) is 0 Å². The fourth-order valence-corrected chi connectivity index (χ4v) is 1.37. The minimum absolute atomic E-state index is 0.0884. The largest absolute Gasteiger partial charge is 0.455 e. The van der Waals surface area contributed by atoms with Gasteiger partial charge in [-0.05, 0) is 24.3 Å². The zero-order valence-electron chi connectivity index (χ0n) is 9.15. The maximum Gasteiger partial charge on any atom is 0.153 e. The van der Waals surface area contributed by atoms with Crippen LogP contribution in [0.15, 0.2) is 36.4 Å². The van der Waals surface area contributed by atoms with Gasteiger partial charge in [-0.3, -0.25) is 0 Å². The average Bonchev–Trinajstić information content (AvgIpc) is 2.34. The van der Waals surface area contributed by atoms with Crippen LogP contribution in [0.4, 0.5) is 14.5 Å². The summed E-state index contributed by atoms with van der Waals surface area (Å²) in [6.45, 7) is 0. The summed E-state index contributed by atoms with van der Waals surface area (Å²) in [6.07, 6.45) is 0. The molecular formula is C13H8F2N2O. The lowest BCUT2D eigenvalue weighted by Crippen LogP contribution is -1.94. The summed E-state index contributed by atoms with van der Waals surface area (Å²) in [5.74, 6) is -0.971. The van der Waals surface area contributed by atoms with E-state index in [-0.39, 0.29) is 22.7 Å². The van der Waals surface area contributed by atoms with E-state index in [9.17, 15) is 8.78 Å². The van der Waals surface area contributed by atoms with Crippen molar-refractivity contribution in [3.63, 3.8) is 0 Å². The normalized spacial score (nSPS) is 9.83. The minimum atomic E-state index is -0.704. The summed E-state index contributed by atoms with van der Waals surface area (Å²) < 4.78 is 31.6. The molecule has 0 amide bonds. The molecule has 2 rings (SSSR count). The Bertz CT molecular complexity index is 635. The van der Waals surface area contributed by atoms with Crippen molar-refractivity contribution in [2.24, 2.45) is 0 Å². The number of nitrogens with two attached hydrogens (primary N) is 1. The molecule has 18 heavy (non-hydrogen) atoms. The van der Waals surface area contributed by atoms with Crippen molar-refractivity contribution in [2.45, 2.75) is 0 Å². The number of hydrogen-bond acceptors (Lipinski definition) is 3. The van der Waals surface area contributed by atoms with Gasteiger partial charge in [-0.2, -0.15) is 5.26 Å². The first-order chi connectivity index (χ1) is 8.60. The highest BCUT2D eigenvalue weighted by atomic mass is 19.1. The van der Waals surface area contributed by atoms with E-state index >= 15 is 0 Å². The molecule has 3 nitrogen and oxygen atoms in total. The molecule has 0 unspecified atom stereocenters. The number of ether oxygens (including phenoxy) is 1. The molecule has 0 saturated heterocycles. The van der Waals surface area contributed by atoms with Gasteiger partial charge in [0, 0.05) is 12.1 Å². The van der Waals surface area contributed by atoms with Crippen molar-refractivity contribution in [1.82, 2.24) is 0 Å². The molecule has 0 aliphatic rings. The summed E-state index contributed by atoms with van der Waals surface area (Å²) in [6, 6.07) is 9.07. The second-order valence-electron chi connectivity index (χ2n) is 3.54. The second kappa shape index (κ2) is 4.72. The summed E-state index contributed by atoms with van der Waals surface area (Å²) in [5, 5.41) is 8.58. The van der Waals surface area contributed by atoms with Crippen LogP contribution in [0.3, 0.4) is 0 Å². The van der Waals surface area contributed by atoms with E-state index in [4.69, 9.17) is 15.7 Å². The van der Waals surface area contributed by atoms with Crippen molar-refractivity contribution < 1.29 is 13.5 Å². The molecule has 0 aliphatic carbocycles. The predicted octanol–water partition coefficient (Wildman–Crippen LogP) is 3.21. The smallest absolute Gasteiger partial charge is 0.153 e. The molecule has 5 heteroatoms. The Hall–Kier alpha value is -2.61. The third-order valence-corrected chi connectivity index (χ3v) is 2.26. The number of hydrogen-bond donors (Lipinski definition) is 1. The standard InChI is InChI=1S/C13H8F2N2O/c14-9-2-4-12(17)13(5-9)18-10-3-1-8(7-16)11(15)6-10/h1-6H,17H2. The van der Waals surface area contributed by atoms with Crippen LogP contribution in [0, 0.1) is 23.0 Å². The van der Waals surface area contributed by atoms with Crippen LogP contribution in [0.1, 0.15) is 5.56 Å². The van der Waals surface area contributed by atoms with E-state index in [1.54, 1.807) is 6.07 Å². The van der Waals surface area contributed by atoms with Crippen LogP contribution in [-0.2, 0) is 0 Å². The molecular weight excluding hydrogens is 238 g/mol. The Morgan fingerprint density at radius 1 is 1.11 bits per heavy atom. The van der Waals surface area contributed by atoms with Gasteiger partial charge in [-0.25, -0.2) is 8.78 Å². The van der Waals surface area contributed by atoms with Gasteiger partial charge in [0.05, 0.1) is 11.3 Å². The first kappa shape index (κ1) is 11.9. The highest BCUT2D eigenvalue weighted by molar-refractivity contribution is 5.54. The van der Waals surface area contributed by atoms with Crippen LogP contribution < -0.4 is 10.5 Å². The number of halogens is 2. The van der Waals surface area contributed by atoms with Crippen molar-refractivity contribution in [3.8, 4) is 17.6 Å². The summed E-state index contributed by atoms with van der Waals surface area (Å²) in [7, 11) is 0. The summed E-state index contributed by atoms with van der Waals surface area (Å²) >= 11 is 0. The molecule has 0 atom stereocenters. The lowest BCUT2D eigenvalue weighted by molar-refractivity contribution is 0.473. The average molecular weight is 246 g/mol. The van der Waals surface area contributed by atoms with Gasteiger partial charge in [0.2, 0.25) is 0 Å². The molecule has 0 heterocycles. The van der Waals surface area contributed by atoms with Crippen molar-refractivity contribution in [2.75, 3.05) is 5.73 Å². The van der Waals surface area contributed by atoms with E-state index in [1.807, 2.05) is 0 Å². The van der Waals surface area contributed by atoms with Gasteiger partial charge >= 0.3 is 0 Å². The van der Waals surface area contributed by atoms with E-state index in [1.165, 1.54) is 24.3 Å². The minimum Gasteiger partial charge on any atom is -0.455 e. The van der Waals surface area contributed by atoms with Crippen LogP contribution in [0.5, 0.6) is 11.5 Å². The number of nitriles is 1. The van der Waals surface area contributed by atoms with Gasteiger partial charge in [0.15, 0.2) is 5.75 Å². The monoisotopic (exact) mass is 246 g/mol. The maximum absolute atomic E-state index is 13.3. The van der Waals surface area contributed by atoms with E-state index in [0.717, 1.165) is 12.1 Å². The maximum atomic E-state index is 13.3. The highest BCUT2D eigenvalue weighted by Gasteiger charge is 2.07. The third-order valence-electron chi connectivity index (χ3n) is 2.26. The second-order valence-corrected chi connectivity index (χ2v) is 3.54. The lowest BCUT2D eigenvalue weighted by atomic mass is 10.2. The Balaban J connectivity index is 2.32. The van der Waals surface area contributed by atoms with Gasteiger partial charge < -0.3 is 10.5 Å². The summed E-state index contributed by atoms with van der Waals surface area (Å²) in [5.41, 5.74) is 5.74. The third kappa shape index (κ3) is 2.38. The van der Waals surface area contributed by atoms with Crippen LogP contribution >= 0.6 is 0 Å². The van der Waals surface area contributed by atoms with E-state index in [2.05, 4.69) is 0 Å². The number of anilines is 1. The topological polar surface area (TPSA) is 59.0 Å². The number of nitrogens with zero attached hydrogens (tertiary/aromatic N) is 1. The molecule has 2 aromatic rings. The molecule has 0 fully saturated rings. The molecule has 0 bridgehead atoms. The first-order valence-corrected chi connectivity index (χ1v) is 5.02. The molecule has 0 aromatic heterocycles. The molecule has 2 aromatic carbocycles. The quantitative estimate of drug-likeness (QED) is 0.827. The Morgan fingerprint density at radius 2 is 1.89 bits per heavy atom. The van der Waals surface area contributed by atoms with Crippen LogP contribution in [-0.4, -0.2) is 0 Å². The fourth-order valence-electron chi connectivity index (χ4n) is 1.37. The van der Waals surface area contributed by atoms with E-state index < -0.39 is 11.6 Å². The zero-order chi connectivity index (χ0) is 13.1. The van der Waals surface area contributed by atoms with E-state index in [0.29, 0.717) is 0 Å².